The molecular weight excluding hydrogens is 368 g/mol. The number of hydrogen-bond acceptors (Lipinski definition) is 7. The topological polar surface area (TPSA) is 83.7 Å². The van der Waals surface area contributed by atoms with Gasteiger partial charge in [0, 0.05) is 23.1 Å². The zero-order valence-electron chi connectivity index (χ0n) is 14.9. The van der Waals surface area contributed by atoms with E-state index in [-0.39, 0.29) is 12.3 Å². The van der Waals surface area contributed by atoms with Crippen molar-refractivity contribution in [2.24, 2.45) is 0 Å². The molecule has 0 aliphatic rings. The van der Waals surface area contributed by atoms with E-state index in [1.54, 1.807) is 19.2 Å². The Morgan fingerprint density at radius 2 is 1.89 bits per heavy atom. The first kappa shape index (κ1) is 18.7. The Bertz CT molecular complexity index is 924. The van der Waals surface area contributed by atoms with Crippen molar-refractivity contribution in [3.8, 4) is 27.8 Å². The Morgan fingerprint density at radius 3 is 2.56 bits per heavy atom. The van der Waals surface area contributed by atoms with Crippen molar-refractivity contribution in [1.82, 2.24) is 4.98 Å². The van der Waals surface area contributed by atoms with Gasteiger partial charge in [-0.2, -0.15) is 0 Å². The van der Waals surface area contributed by atoms with Crippen molar-refractivity contribution in [3.05, 3.63) is 63.7 Å². The van der Waals surface area contributed by atoms with E-state index < -0.39 is 4.92 Å². The number of nitro benzene ring substituents is 1. The highest BCUT2D eigenvalue weighted by atomic mass is 32.1. The first-order valence-electron chi connectivity index (χ1n) is 8.23. The van der Waals surface area contributed by atoms with Gasteiger partial charge in [0.05, 0.1) is 24.3 Å². The van der Waals surface area contributed by atoms with Gasteiger partial charge in [-0.3, -0.25) is 10.1 Å². The summed E-state index contributed by atoms with van der Waals surface area (Å²) in [4.78, 5) is 14.8. The van der Waals surface area contributed by atoms with Crippen molar-refractivity contribution in [3.63, 3.8) is 0 Å². The largest absolute Gasteiger partial charge is 0.493 e. The van der Waals surface area contributed by atoms with Crippen LogP contribution in [0.5, 0.6) is 17.2 Å². The van der Waals surface area contributed by atoms with Gasteiger partial charge in [-0.15, -0.1) is 11.3 Å². The molecule has 140 valence electrons. The molecule has 1 heterocycles. The summed E-state index contributed by atoms with van der Waals surface area (Å²) in [6.07, 6.45) is 0. The van der Waals surface area contributed by atoms with Gasteiger partial charge in [0.15, 0.2) is 11.5 Å². The number of methoxy groups -OCH3 is 1. The van der Waals surface area contributed by atoms with E-state index in [0.29, 0.717) is 23.9 Å². The smallest absolute Gasteiger partial charge is 0.269 e. The normalized spacial score (nSPS) is 10.4. The summed E-state index contributed by atoms with van der Waals surface area (Å²) in [6, 6.07) is 11.7. The average Bonchev–Trinajstić information content (AvgIpc) is 3.16. The van der Waals surface area contributed by atoms with Crippen LogP contribution in [0.4, 0.5) is 5.69 Å². The van der Waals surface area contributed by atoms with Gasteiger partial charge in [0.1, 0.15) is 17.4 Å². The van der Waals surface area contributed by atoms with Gasteiger partial charge in [-0.1, -0.05) is 0 Å². The molecule has 3 rings (SSSR count). The summed E-state index contributed by atoms with van der Waals surface area (Å²) >= 11 is 1.51. The Labute approximate surface area is 160 Å². The number of benzene rings is 2. The predicted octanol–water partition coefficient (Wildman–Crippen LogP) is 4.70. The van der Waals surface area contributed by atoms with Crippen molar-refractivity contribution in [1.29, 1.82) is 0 Å². The van der Waals surface area contributed by atoms with Crippen molar-refractivity contribution >= 4 is 17.0 Å². The molecule has 8 heteroatoms. The molecule has 7 nitrogen and oxygen atoms in total. The van der Waals surface area contributed by atoms with Crippen LogP contribution in [-0.4, -0.2) is 23.6 Å². The molecule has 0 amide bonds. The number of rotatable bonds is 8. The monoisotopic (exact) mass is 386 g/mol. The number of non-ortho nitro benzene ring substituents is 1. The second-order valence-electron chi connectivity index (χ2n) is 5.48. The summed E-state index contributed by atoms with van der Waals surface area (Å²) in [6.45, 7) is 2.77. The number of nitro groups is 1. The average molecular weight is 386 g/mol. The van der Waals surface area contributed by atoms with Crippen LogP contribution < -0.4 is 14.2 Å². The second-order valence-corrected chi connectivity index (χ2v) is 6.34. The molecular formula is C19H18N2O5S. The van der Waals surface area contributed by atoms with Crippen LogP contribution in [-0.2, 0) is 6.61 Å². The molecule has 0 bridgehead atoms. The maximum atomic E-state index is 10.7. The van der Waals surface area contributed by atoms with E-state index >= 15 is 0 Å². The molecule has 0 N–H and O–H groups in total. The molecule has 0 atom stereocenters. The zero-order valence-corrected chi connectivity index (χ0v) is 15.7. The minimum absolute atomic E-state index is 0.0303. The Morgan fingerprint density at radius 1 is 1.11 bits per heavy atom. The lowest BCUT2D eigenvalue weighted by molar-refractivity contribution is -0.384. The number of nitrogens with zero attached hydrogens (tertiary/aromatic N) is 2. The molecule has 2 aromatic carbocycles. The lowest BCUT2D eigenvalue weighted by atomic mass is 10.2. The lowest BCUT2D eigenvalue weighted by Crippen LogP contribution is -1.97. The fraction of sp³-hybridized carbons (Fsp3) is 0.211. The molecule has 27 heavy (non-hydrogen) atoms. The van der Waals surface area contributed by atoms with Crippen molar-refractivity contribution in [2.75, 3.05) is 13.7 Å². The summed E-state index contributed by atoms with van der Waals surface area (Å²) < 4.78 is 16.6. The Hall–Kier alpha value is -3.13. The van der Waals surface area contributed by atoms with Gasteiger partial charge >= 0.3 is 0 Å². The van der Waals surface area contributed by atoms with Crippen molar-refractivity contribution in [2.45, 2.75) is 13.5 Å². The van der Waals surface area contributed by atoms with Crippen molar-refractivity contribution < 1.29 is 19.1 Å². The van der Waals surface area contributed by atoms with Gasteiger partial charge < -0.3 is 14.2 Å². The highest BCUT2D eigenvalue weighted by molar-refractivity contribution is 7.13. The van der Waals surface area contributed by atoms with Crippen LogP contribution in [0.3, 0.4) is 0 Å². The van der Waals surface area contributed by atoms with E-state index in [0.717, 1.165) is 16.3 Å². The van der Waals surface area contributed by atoms with Gasteiger partial charge in [0.2, 0.25) is 0 Å². The number of thiazole rings is 1. The van der Waals surface area contributed by atoms with E-state index in [2.05, 4.69) is 4.98 Å². The minimum atomic E-state index is -0.443. The maximum absolute atomic E-state index is 10.7. The Balaban J connectivity index is 1.68. The molecule has 1 aromatic heterocycles. The number of ether oxygens (including phenoxy) is 3. The third-order valence-electron chi connectivity index (χ3n) is 3.70. The van der Waals surface area contributed by atoms with Crippen LogP contribution in [0.25, 0.3) is 10.6 Å². The van der Waals surface area contributed by atoms with Crippen LogP contribution in [0.15, 0.2) is 47.8 Å². The summed E-state index contributed by atoms with van der Waals surface area (Å²) in [7, 11) is 1.60. The van der Waals surface area contributed by atoms with Crippen LogP contribution in [0.2, 0.25) is 0 Å². The number of hydrogen-bond donors (Lipinski definition) is 0. The molecule has 0 saturated heterocycles. The van der Waals surface area contributed by atoms with Crippen LogP contribution >= 0.6 is 11.3 Å². The predicted molar refractivity (Wildman–Crippen MR) is 103 cm³/mol. The molecule has 0 radical (unpaired) electrons. The second kappa shape index (κ2) is 8.50. The van der Waals surface area contributed by atoms with E-state index in [1.165, 1.54) is 23.5 Å². The Kier molecular flexibility index (Phi) is 5.87. The molecule has 0 fully saturated rings. The molecule has 0 saturated carbocycles. The molecule has 0 aliphatic heterocycles. The molecule has 3 aromatic rings. The molecule has 0 unspecified atom stereocenters. The fourth-order valence-electron chi connectivity index (χ4n) is 2.40. The molecule has 0 spiro atoms. The highest BCUT2D eigenvalue weighted by Gasteiger charge is 2.11. The number of aromatic nitrogens is 1. The summed E-state index contributed by atoms with van der Waals surface area (Å²) in [5.74, 6) is 1.91. The van der Waals surface area contributed by atoms with Gasteiger partial charge in [0.25, 0.3) is 5.69 Å². The standard InChI is InChI=1S/C19H18N2O5S/c1-3-25-17-9-4-13(10-18(17)24-2)19-20-14(12-27-19)11-26-16-7-5-15(6-8-16)21(22)23/h4-10,12H,3,11H2,1-2H3. The van der Waals surface area contributed by atoms with E-state index in [1.807, 2.05) is 30.5 Å². The first-order valence-corrected chi connectivity index (χ1v) is 9.11. The third-order valence-corrected chi connectivity index (χ3v) is 4.64. The third kappa shape index (κ3) is 4.53. The molecule has 0 aliphatic carbocycles. The lowest BCUT2D eigenvalue weighted by Gasteiger charge is -2.10. The zero-order chi connectivity index (χ0) is 19.2. The fourth-order valence-corrected chi connectivity index (χ4v) is 3.20. The van der Waals surface area contributed by atoms with E-state index in [4.69, 9.17) is 14.2 Å². The van der Waals surface area contributed by atoms with Crippen LogP contribution in [0, 0.1) is 10.1 Å². The van der Waals surface area contributed by atoms with Gasteiger partial charge in [-0.05, 0) is 37.3 Å². The summed E-state index contributed by atoms with van der Waals surface area (Å²) in [5.41, 5.74) is 1.74. The minimum Gasteiger partial charge on any atom is -0.493 e. The SMILES string of the molecule is CCOc1ccc(-c2nc(COc3ccc([N+](=O)[O-])cc3)cs2)cc1OC. The van der Waals surface area contributed by atoms with Crippen LogP contribution in [0.1, 0.15) is 12.6 Å². The van der Waals surface area contributed by atoms with Gasteiger partial charge in [-0.25, -0.2) is 4.98 Å². The quantitative estimate of drug-likeness (QED) is 0.412. The maximum Gasteiger partial charge on any atom is 0.269 e. The van der Waals surface area contributed by atoms with E-state index in [9.17, 15) is 10.1 Å². The highest BCUT2D eigenvalue weighted by Crippen LogP contribution is 2.34. The summed E-state index contributed by atoms with van der Waals surface area (Å²) in [5, 5.41) is 13.4. The first-order chi connectivity index (χ1) is 13.1.